The zero-order valence-electron chi connectivity index (χ0n) is 19.0. The topological polar surface area (TPSA) is 110 Å². The van der Waals surface area contributed by atoms with Crippen molar-refractivity contribution in [3.63, 3.8) is 0 Å². The van der Waals surface area contributed by atoms with Crippen LogP contribution in [0.25, 0.3) is 0 Å². The number of hydrogen-bond acceptors (Lipinski definition) is 6. The summed E-state index contributed by atoms with van der Waals surface area (Å²) in [5.74, 6) is -0.232. The van der Waals surface area contributed by atoms with Gasteiger partial charge in [0, 0.05) is 6.26 Å². The maximum absolute atomic E-state index is 13.5. The molecule has 3 rings (SSSR count). The van der Waals surface area contributed by atoms with Gasteiger partial charge < -0.3 is 10.1 Å². The summed E-state index contributed by atoms with van der Waals surface area (Å²) in [6.45, 7) is 1.25. The highest BCUT2D eigenvalue weighted by atomic mass is 32.2. The van der Waals surface area contributed by atoms with Crippen LogP contribution < -0.4 is 14.4 Å². The van der Waals surface area contributed by atoms with Crippen molar-refractivity contribution in [1.29, 1.82) is 0 Å². The van der Waals surface area contributed by atoms with Crippen LogP contribution in [-0.4, -0.2) is 42.7 Å². The molecule has 3 aromatic carbocycles. The van der Waals surface area contributed by atoms with E-state index >= 15 is 0 Å². The Hall–Kier alpha value is -3.37. The first-order chi connectivity index (χ1) is 16.0. The van der Waals surface area contributed by atoms with Gasteiger partial charge in [-0.2, -0.15) is 0 Å². The zero-order chi connectivity index (χ0) is 24.9. The number of carbonyl (C=O) groups excluding carboxylic acids is 1. The molecule has 10 heteroatoms. The van der Waals surface area contributed by atoms with E-state index < -0.39 is 38.4 Å². The fraction of sp³-hybridized carbons (Fsp3) is 0.208. The summed E-state index contributed by atoms with van der Waals surface area (Å²) in [5, 5.41) is 2.78. The molecule has 1 N–H and O–H groups in total. The van der Waals surface area contributed by atoms with Crippen molar-refractivity contribution in [3.05, 3.63) is 84.4 Å². The van der Waals surface area contributed by atoms with Crippen molar-refractivity contribution in [2.45, 2.75) is 22.8 Å². The van der Waals surface area contributed by atoms with E-state index in [-0.39, 0.29) is 15.5 Å². The van der Waals surface area contributed by atoms with Gasteiger partial charge in [0.25, 0.3) is 10.0 Å². The smallest absolute Gasteiger partial charge is 0.264 e. The summed E-state index contributed by atoms with van der Waals surface area (Å²) >= 11 is 0. The molecule has 1 amide bonds. The van der Waals surface area contributed by atoms with Crippen LogP contribution in [0, 0.1) is 0 Å². The number of anilines is 1. The summed E-state index contributed by atoms with van der Waals surface area (Å²) in [6, 6.07) is 20.1. The Morgan fingerprint density at radius 2 is 1.47 bits per heavy atom. The standard InChI is InChI=1S/C24H26N2O6S2/c1-18(19-13-15-20(16-14-19)33(3,28)29)25-24(27)17-26(22-11-7-8-12-23(22)32-2)34(30,31)21-9-5-4-6-10-21/h4-16,18H,17H2,1-3H3,(H,25,27). The van der Waals surface area contributed by atoms with E-state index in [2.05, 4.69) is 5.32 Å². The van der Waals surface area contributed by atoms with Crippen LogP contribution in [0.15, 0.2) is 88.7 Å². The summed E-state index contributed by atoms with van der Waals surface area (Å²) in [4.78, 5) is 13.2. The van der Waals surface area contributed by atoms with Crippen LogP contribution >= 0.6 is 0 Å². The van der Waals surface area contributed by atoms with Crippen molar-refractivity contribution in [2.24, 2.45) is 0 Å². The lowest BCUT2D eigenvalue weighted by atomic mass is 10.1. The van der Waals surface area contributed by atoms with Gasteiger partial charge in [-0.25, -0.2) is 16.8 Å². The molecule has 0 aliphatic heterocycles. The predicted octanol–water partition coefficient (Wildman–Crippen LogP) is 3.17. The van der Waals surface area contributed by atoms with Gasteiger partial charge in [-0.15, -0.1) is 0 Å². The SMILES string of the molecule is COc1ccccc1N(CC(=O)NC(C)c1ccc(S(C)(=O)=O)cc1)S(=O)(=O)c1ccccc1. The van der Waals surface area contributed by atoms with E-state index in [4.69, 9.17) is 4.74 Å². The number of amides is 1. The molecule has 1 unspecified atom stereocenters. The zero-order valence-corrected chi connectivity index (χ0v) is 20.6. The van der Waals surface area contributed by atoms with Gasteiger partial charge in [0.05, 0.1) is 28.6 Å². The molecular weight excluding hydrogens is 476 g/mol. The summed E-state index contributed by atoms with van der Waals surface area (Å²) < 4.78 is 56.6. The fourth-order valence-corrected chi connectivity index (χ4v) is 5.44. The number of nitrogens with zero attached hydrogens (tertiary/aromatic N) is 1. The first-order valence-corrected chi connectivity index (χ1v) is 13.7. The maximum atomic E-state index is 13.5. The molecule has 0 aromatic heterocycles. The van der Waals surface area contributed by atoms with Crippen LogP contribution in [0.2, 0.25) is 0 Å². The highest BCUT2D eigenvalue weighted by Crippen LogP contribution is 2.32. The van der Waals surface area contributed by atoms with Crippen molar-refractivity contribution in [3.8, 4) is 5.75 Å². The average Bonchev–Trinajstić information content (AvgIpc) is 2.82. The quantitative estimate of drug-likeness (QED) is 0.481. The molecule has 8 nitrogen and oxygen atoms in total. The van der Waals surface area contributed by atoms with Crippen molar-refractivity contribution in [1.82, 2.24) is 5.32 Å². The van der Waals surface area contributed by atoms with E-state index in [9.17, 15) is 21.6 Å². The monoisotopic (exact) mass is 502 g/mol. The molecule has 0 fully saturated rings. The molecule has 3 aromatic rings. The number of benzene rings is 3. The minimum atomic E-state index is -4.08. The summed E-state index contributed by atoms with van der Waals surface area (Å²) in [7, 11) is -5.99. The third-order valence-corrected chi connectivity index (χ3v) is 8.06. The Bertz CT molecular complexity index is 1360. The molecule has 34 heavy (non-hydrogen) atoms. The molecule has 0 aliphatic rings. The number of rotatable bonds is 9. The molecule has 0 saturated carbocycles. The first kappa shape index (κ1) is 25.3. The van der Waals surface area contributed by atoms with Crippen LogP contribution in [0.5, 0.6) is 5.75 Å². The summed E-state index contributed by atoms with van der Waals surface area (Å²) in [6.07, 6.45) is 1.12. The first-order valence-electron chi connectivity index (χ1n) is 10.3. The van der Waals surface area contributed by atoms with Gasteiger partial charge in [0.1, 0.15) is 12.3 Å². The van der Waals surface area contributed by atoms with Gasteiger partial charge in [0.15, 0.2) is 9.84 Å². The van der Waals surface area contributed by atoms with Crippen molar-refractivity contribution in [2.75, 3.05) is 24.2 Å². The fourth-order valence-electron chi connectivity index (χ4n) is 3.36. The Balaban J connectivity index is 1.88. The minimum Gasteiger partial charge on any atom is -0.495 e. The van der Waals surface area contributed by atoms with E-state index in [1.54, 1.807) is 61.5 Å². The average molecular weight is 503 g/mol. The second-order valence-corrected chi connectivity index (χ2v) is 11.5. The van der Waals surface area contributed by atoms with E-state index in [0.717, 1.165) is 10.6 Å². The number of ether oxygens (including phenoxy) is 1. The molecule has 1 atom stereocenters. The van der Waals surface area contributed by atoms with Gasteiger partial charge in [-0.3, -0.25) is 9.10 Å². The molecule has 0 spiro atoms. The van der Waals surface area contributed by atoms with Crippen LogP contribution in [-0.2, 0) is 24.7 Å². The lowest BCUT2D eigenvalue weighted by Crippen LogP contribution is -2.41. The number of sulfonamides is 1. The minimum absolute atomic E-state index is 0.0399. The molecule has 0 bridgehead atoms. The third-order valence-electron chi connectivity index (χ3n) is 5.16. The molecule has 0 aliphatic carbocycles. The van der Waals surface area contributed by atoms with Gasteiger partial charge in [0.2, 0.25) is 5.91 Å². The van der Waals surface area contributed by atoms with E-state index in [1.165, 1.54) is 31.4 Å². The van der Waals surface area contributed by atoms with E-state index in [0.29, 0.717) is 11.3 Å². The van der Waals surface area contributed by atoms with Gasteiger partial charge >= 0.3 is 0 Å². The molecule has 0 saturated heterocycles. The van der Waals surface area contributed by atoms with Crippen molar-refractivity contribution >= 4 is 31.5 Å². The second-order valence-electron chi connectivity index (χ2n) is 7.63. The third kappa shape index (κ3) is 5.75. The number of sulfone groups is 1. The Labute approximate surface area is 200 Å². The van der Waals surface area contributed by atoms with Crippen LogP contribution in [0.4, 0.5) is 5.69 Å². The van der Waals surface area contributed by atoms with E-state index in [1.807, 2.05) is 0 Å². The van der Waals surface area contributed by atoms with Crippen molar-refractivity contribution < 1.29 is 26.4 Å². The number of para-hydroxylation sites is 2. The lowest BCUT2D eigenvalue weighted by Gasteiger charge is -2.26. The molecule has 0 heterocycles. The molecular formula is C24H26N2O6S2. The number of carbonyl (C=O) groups is 1. The van der Waals surface area contributed by atoms with Gasteiger partial charge in [-0.1, -0.05) is 42.5 Å². The highest BCUT2D eigenvalue weighted by molar-refractivity contribution is 7.93. The number of nitrogens with one attached hydrogen (secondary N) is 1. The molecule has 0 radical (unpaired) electrons. The Morgan fingerprint density at radius 3 is 2.06 bits per heavy atom. The van der Waals surface area contributed by atoms with Crippen LogP contribution in [0.3, 0.4) is 0 Å². The summed E-state index contributed by atoms with van der Waals surface area (Å²) in [5.41, 5.74) is 0.907. The largest absolute Gasteiger partial charge is 0.495 e. The van der Waals surface area contributed by atoms with Crippen LogP contribution in [0.1, 0.15) is 18.5 Å². The molecule has 180 valence electrons. The number of hydrogen-bond donors (Lipinski definition) is 1. The highest BCUT2D eigenvalue weighted by Gasteiger charge is 2.29. The Kier molecular flexibility index (Phi) is 7.63. The number of methoxy groups -OCH3 is 1. The second kappa shape index (κ2) is 10.3. The normalized spacial score (nSPS) is 12.6. The Morgan fingerprint density at radius 1 is 0.882 bits per heavy atom. The predicted molar refractivity (Wildman–Crippen MR) is 130 cm³/mol. The maximum Gasteiger partial charge on any atom is 0.264 e. The van der Waals surface area contributed by atoms with Gasteiger partial charge in [-0.05, 0) is 48.9 Å². The lowest BCUT2D eigenvalue weighted by molar-refractivity contribution is -0.120.